The van der Waals surface area contributed by atoms with Crippen LogP contribution in [-0.4, -0.2) is 29.9 Å². The van der Waals surface area contributed by atoms with Crippen LogP contribution in [0.2, 0.25) is 0 Å². The molecule has 1 aliphatic rings. The minimum Gasteiger partial charge on any atom is -0.488 e. The van der Waals surface area contributed by atoms with E-state index in [1.807, 2.05) is 31.3 Å². The van der Waals surface area contributed by atoms with Crippen molar-refractivity contribution in [1.29, 1.82) is 0 Å². The normalized spacial score (nSPS) is 22.7. The Morgan fingerprint density at radius 1 is 1.33 bits per heavy atom. The summed E-state index contributed by atoms with van der Waals surface area (Å²) >= 11 is 0. The van der Waals surface area contributed by atoms with Gasteiger partial charge in [-0.1, -0.05) is 12.1 Å². The molecule has 1 aliphatic carbocycles. The molecule has 0 atom stereocenters. The van der Waals surface area contributed by atoms with Crippen LogP contribution in [0.15, 0.2) is 30.5 Å². The van der Waals surface area contributed by atoms with Gasteiger partial charge in [-0.25, -0.2) is 0 Å². The molecule has 1 saturated carbocycles. The van der Waals surface area contributed by atoms with Crippen molar-refractivity contribution in [3.05, 3.63) is 30.5 Å². The Bertz CT molecular complexity index is 532. The first-order valence-corrected chi connectivity index (χ1v) is 6.38. The molecular weight excluding hydrogens is 226 g/mol. The molecule has 1 N–H and O–H groups in total. The van der Waals surface area contributed by atoms with Gasteiger partial charge in [0.2, 0.25) is 0 Å². The van der Waals surface area contributed by atoms with Crippen LogP contribution in [0.25, 0.3) is 10.9 Å². The van der Waals surface area contributed by atoms with E-state index in [4.69, 9.17) is 4.74 Å². The van der Waals surface area contributed by atoms with E-state index in [0.717, 1.165) is 42.0 Å². The number of fused-ring (bicyclic) bond motifs is 1. The molecular formula is C14H17N3O. The van der Waals surface area contributed by atoms with Gasteiger partial charge in [-0.15, -0.1) is 0 Å². The Morgan fingerprint density at radius 3 is 3.00 bits per heavy atom. The van der Waals surface area contributed by atoms with Crippen LogP contribution >= 0.6 is 0 Å². The minimum atomic E-state index is 0.330. The van der Waals surface area contributed by atoms with Gasteiger partial charge in [0.1, 0.15) is 5.75 Å². The molecule has 0 radical (unpaired) electrons. The van der Waals surface area contributed by atoms with Gasteiger partial charge in [-0.05, 0) is 44.5 Å². The first-order chi connectivity index (χ1) is 8.86. The number of rotatable bonds is 4. The Morgan fingerprint density at radius 2 is 2.17 bits per heavy atom. The highest BCUT2D eigenvalue weighted by molar-refractivity contribution is 5.83. The standard InChI is InChI=1S/C14H17N3O/c1-15-8-10-6-11(7-10)18-14-9-16-17-13-5-3-2-4-12(13)14/h2-5,9-11,15H,6-8H2,1H3. The van der Waals surface area contributed by atoms with Crippen molar-refractivity contribution in [3.63, 3.8) is 0 Å². The van der Waals surface area contributed by atoms with Crippen molar-refractivity contribution in [3.8, 4) is 5.75 Å². The van der Waals surface area contributed by atoms with E-state index in [2.05, 4.69) is 15.5 Å². The molecule has 94 valence electrons. The van der Waals surface area contributed by atoms with Gasteiger partial charge in [-0.2, -0.15) is 10.2 Å². The molecule has 0 aliphatic heterocycles. The third-order valence-electron chi connectivity index (χ3n) is 3.49. The minimum absolute atomic E-state index is 0.330. The lowest BCUT2D eigenvalue weighted by atomic mass is 9.82. The average molecular weight is 243 g/mol. The van der Waals surface area contributed by atoms with Crippen LogP contribution in [0.1, 0.15) is 12.8 Å². The van der Waals surface area contributed by atoms with Gasteiger partial charge < -0.3 is 10.1 Å². The predicted octanol–water partition coefficient (Wildman–Crippen LogP) is 2.01. The number of benzene rings is 1. The fourth-order valence-electron chi connectivity index (χ4n) is 2.48. The summed E-state index contributed by atoms with van der Waals surface area (Å²) in [4.78, 5) is 0. The highest BCUT2D eigenvalue weighted by Gasteiger charge is 2.30. The number of ether oxygens (including phenoxy) is 1. The Balaban J connectivity index is 1.72. The summed E-state index contributed by atoms with van der Waals surface area (Å²) in [5, 5.41) is 12.3. The molecule has 18 heavy (non-hydrogen) atoms. The second-order valence-electron chi connectivity index (χ2n) is 4.86. The van der Waals surface area contributed by atoms with E-state index in [0.29, 0.717) is 6.10 Å². The van der Waals surface area contributed by atoms with E-state index in [-0.39, 0.29) is 0 Å². The van der Waals surface area contributed by atoms with Crippen molar-refractivity contribution >= 4 is 10.9 Å². The van der Waals surface area contributed by atoms with Crippen molar-refractivity contribution < 1.29 is 4.74 Å². The van der Waals surface area contributed by atoms with E-state index in [9.17, 15) is 0 Å². The lowest BCUT2D eigenvalue weighted by Gasteiger charge is -2.35. The number of aromatic nitrogens is 2. The van der Waals surface area contributed by atoms with E-state index in [1.54, 1.807) is 6.20 Å². The SMILES string of the molecule is CNCC1CC(Oc2cnnc3ccccc23)C1. The molecule has 0 saturated heterocycles. The number of nitrogens with zero attached hydrogens (tertiary/aromatic N) is 2. The fourth-order valence-corrected chi connectivity index (χ4v) is 2.48. The van der Waals surface area contributed by atoms with Gasteiger partial charge in [0.15, 0.2) is 0 Å². The molecule has 0 spiro atoms. The molecule has 0 bridgehead atoms. The largest absolute Gasteiger partial charge is 0.488 e. The highest BCUT2D eigenvalue weighted by Crippen LogP contribution is 2.32. The fraction of sp³-hybridized carbons (Fsp3) is 0.429. The van der Waals surface area contributed by atoms with Crippen molar-refractivity contribution in [2.45, 2.75) is 18.9 Å². The second-order valence-corrected chi connectivity index (χ2v) is 4.86. The first kappa shape index (κ1) is 11.4. The van der Waals surface area contributed by atoms with Crippen LogP contribution in [0, 0.1) is 5.92 Å². The zero-order valence-corrected chi connectivity index (χ0v) is 10.5. The summed E-state index contributed by atoms with van der Waals surface area (Å²) in [5.41, 5.74) is 0.890. The monoisotopic (exact) mass is 243 g/mol. The van der Waals surface area contributed by atoms with Gasteiger partial charge in [-0.3, -0.25) is 0 Å². The molecule has 4 nitrogen and oxygen atoms in total. The maximum atomic E-state index is 6.01. The quantitative estimate of drug-likeness (QED) is 0.892. The van der Waals surface area contributed by atoms with Gasteiger partial charge >= 0.3 is 0 Å². The summed E-state index contributed by atoms with van der Waals surface area (Å²) in [6.07, 6.45) is 4.29. The zero-order chi connectivity index (χ0) is 12.4. The molecule has 1 fully saturated rings. The predicted molar refractivity (Wildman–Crippen MR) is 70.6 cm³/mol. The van der Waals surface area contributed by atoms with Crippen LogP contribution in [0.5, 0.6) is 5.75 Å². The van der Waals surface area contributed by atoms with Gasteiger partial charge in [0, 0.05) is 5.39 Å². The maximum Gasteiger partial charge on any atom is 0.149 e. The van der Waals surface area contributed by atoms with Crippen LogP contribution in [0.4, 0.5) is 0 Å². The lowest BCUT2D eigenvalue weighted by Crippen LogP contribution is -2.38. The molecule has 2 aromatic rings. The second kappa shape index (κ2) is 4.90. The zero-order valence-electron chi connectivity index (χ0n) is 10.5. The van der Waals surface area contributed by atoms with E-state index >= 15 is 0 Å². The van der Waals surface area contributed by atoms with Gasteiger partial charge in [0.05, 0.1) is 17.8 Å². The topological polar surface area (TPSA) is 47.0 Å². The van der Waals surface area contributed by atoms with Crippen LogP contribution < -0.4 is 10.1 Å². The summed E-state index contributed by atoms with van der Waals surface area (Å²) in [7, 11) is 1.99. The number of hydrogen-bond acceptors (Lipinski definition) is 4. The van der Waals surface area contributed by atoms with Crippen LogP contribution in [-0.2, 0) is 0 Å². The van der Waals surface area contributed by atoms with E-state index in [1.165, 1.54) is 0 Å². The van der Waals surface area contributed by atoms with Crippen molar-refractivity contribution in [2.75, 3.05) is 13.6 Å². The Kier molecular flexibility index (Phi) is 3.11. The number of hydrogen-bond donors (Lipinski definition) is 1. The average Bonchev–Trinajstić information content (AvgIpc) is 2.37. The third-order valence-corrected chi connectivity index (χ3v) is 3.49. The summed E-state index contributed by atoms with van der Waals surface area (Å²) in [5.74, 6) is 1.61. The van der Waals surface area contributed by atoms with Crippen molar-refractivity contribution in [2.24, 2.45) is 5.92 Å². The summed E-state index contributed by atoms with van der Waals surface area (Å²) < 4.78 is 6.01. The summed E-state index contributed by atoms with van der Waals surface area (Å²) in [6.45, 7) is 1.08. The van der Waals surface area contributed by atoms with Crippen LogP contribution in [0.3, 0.4) is 0 Å². The van der Waals surface area contributed by atoms with E-state index < -0.39 is 0 Å². The van der Waals surface area contributed by atoms with Gasteiger partial charge in [0.25, 0.3) is 0 Å². The first-order valence-electron chi connectivity index (χ1n) is 6.38. The lowest BCUT2D eigenvalue weighted by molar-refractivity contribution is 0.0667. The number of nitrogens with one attached hydrogen (secondary N) is 1. The molecule has 4 heteroatoms. The molecule has 0 unspecified atom stereocenters. The third kappa shape index (κ3) is 2.16. The molecule has 1 aromatic carbocycles. The van der Waals surface area contributed by atoms with Crippen molar-refractivity contribution in [1.82, 2.24) is 15.5 Å². The molecule has 1 heterocycles. The Labute approximate surface area is 106 Å². The Hall–Kier alpha value is -1.68. The molecule has 3 rings (SSSR count). The molecule has 1 aromatic heterocycles. The summed E-state index contributed by atoms with van der Waals surface area (Å²) in [6, 6.07) is 7.96. The smallest absolute Gasteiger partial charge is 0.149 e. The maximum absolute atomic E-state index is 6.01. The highest BCUT2D eigenvalue weighted by atomic mass is 16.5. The molecule has 0 amide bonds.